The van der Waals surface area contributed by atoms with Gasteiger partial charge in [-0.05, 0) is 79.9 Å². The van der Waals surface area contributed by atoms with Crippen molar-refractivity contribution in [3.8, 4) is 22.3 Å². The Bertz CT molecular complexity index is 1780. The maximum Gasteiger partial charge on any atom is 0.0546 e. The largest absolute Gasteiger partial charge is 0.310 e. The van der Waals surface area contributed by atoms with Gasteiger partial charge >= 0.3 is 0 Å². The lowest BCUT2D eigenvalue weighted by Gasteiger charge is -2.30. The molecule has 0 bridgehead atoms. The highest BCUT2D eigenvalue weighted by atomic mass is 15.1. The van der Waals surface area contributed by atoms with Crippen LogP contribution in [-0.4, -0.2) is 0 Å². The lowest BCUT2D eigenvalue weighted by atomic mass is 9.86. The predicted octanol–water partition coefficient (Wildman–Crippen LogP) is 12.2. The Kier molecular flexibility index (Phi) is 7.44. The summed E-state index contributed by atoms with van der Waals surface area (Å²) in [6.07, 6.45) is 0. The van der Waals surface area contributed by atoms with Gasteiger partial charge in [0.1, 0.15) is 0 Å². The zero-order valence-corrected chi connectivity index (χ0v) is 26.2. The van der Waals surface area contributed by atoms with Crippen LogP contribution in [0.5, 0.6) is 0 Å². The van der Waals surface area contributed by atoms with Crippen LogP contribution in [0.2, 0.25) is 0 Å². The minimum absolute atomic E-state index is 0.0855. The number of hydrogen-bond acceptors (Lipinski definition) is 1. The summed E-state index contributed by atoms with van der Waals surface area (Å²) >= 11 is 0. The molecule has 0 aromatic heterocycles. The van der Waals surface area contributed by atoms with Crippen LogP contribution in [-0.2, 0) is 10.8 Å². The average molecular weight is 560 g/mol. The Morgan fingerprint density at radius 1 is 0.419 bits per heavy atom. The zero-order valence-electron chi connectivity index (χ0n) is 26.2. The van der Waals surface area contributed by atoms with Gasteiger partial charge in [0, 0.05) is 16.8 Å². The molecule has 0 aliphatic carbocycles. The molecule has 1 nitrogen and oxygen atoms in total. The number of nitrogens with zero attached hydrogens (tertiary/aromatic N) is 1. The SMILES string of the molecule is CC(C)(C)c1ccc(N(c2ccc(C(C)(C)C)cc2)c2cc(-c3ccccc3)c(-c3ccccc3)c3ccccc23)cc1. The third-order valence-corrected chi connectivity index (χ3v) is 8.39. The van der Waals surface area contributed by atoms with Gasteiger partial charge in [0.2, 0.25) is 0 Å². The van der Waals surface area contributed by atoms with Gasteiger partial charge in [-0.3, -0.25) is 0 Å². The van der Waals surface area contributed by atoms with Crippen molar-refractivity contribution in [2.45, 2.75) is 52.4 Å². The fraction of sp³-hybridized carbons (Fsp3) is 0.190. The number of benzene rings is 6. The molecule has 0 saturated carbocycles. The van der Waals surface area contributed by atoms with Gasteiger partial charge in [-0.25, -0.2) is 0 Å². The van der Waals surface area contributed by atoms with Crippen LogP contribution < -0.4 is 4.90 Å². The van der Waals surface area contributed by atoms with Gasteiger partial charge in [-0.1, -0.05) is 151 Å². The minimum Gasteiger partial charge on any atom is -0.310 e. The molecule has 0 N–H and O–H groups in total. The lowest BCUT2D eigenvalue weighted by Crippen LogP contribution is -2.15. The van der Waals surface area contributed by atoms with Gasteiger partial charge in [0.05, 0.1) is 5.69 Å². The second-order valence-corrected chi connectivity index (χ2v) is 13.5. The molecule has 0 heterocycles. The first-order chi connectivity index (χ1) is 20.6. The third kappa shape index (κ3) is 5.73. The van der Waals surface area contributed by atoms with Crippen LogP contribution in [0, 0.1) is 0 Å². The predicted molar refractivity (Wildman–Crippen MR) is 187 cm³/mol. The van der Waals surface area contributed by atoms with E-state index in [2.05, 4.69) is 186 Å². The molecule has 6 rings (SSSR count). The van der Waals surface area contributed by atoms with Crippen molar-refractivity contribution in [2.75, 3.05) is 4.90 Å². The molecule has 0 radical (unpaired) electrons. The first-order valence-corrected chi connectivity index (χ1v) is 15.3. The van der Waals surface area contributed by atoms with Crippen molar-refractivity contribution in [3.63, 3.8) is 0 Å². The first-order valence-electron chi connectivity index (χ1n) is 15.3. The number of rotatable bonds is 5. The van der Waals surface area contributed by atoms with Crippen LogP contribution in [0.25, 0.3) is 33.0 Å². The van der Waals surface area contributed by atoms with Gasteiger partial charge in [0.25, 0.3) is 0 Å². The lowest BCUT2D eigenvalue weighted by molar-refractivity contribution is 0.590. The van der Waals surface area contributed by atoms with Crippen molar-refractivity contribution >= 4 is 27.8 Å². The van der Waals surface area contributed by atoms with Gasteiger partial charge < -0.3 is 4.90 Å². The molecule has 0 saturated heterocycles. The Labute approximate surface area is 257 Å². The second-order valence-electron chi connectivity index (χ2n) is 13.5. The summed E-state index contributed by atoms with van der Waals surface area (Å²) in [7, 11) is 0. The summed E-state index contributed by atoms with van der Waals surface area (Å²) in [5.74, 6) is 0. The maximum absolute atomic E-state index is 2.43. The van der Waals surface area contributed by atoms with Crippen LogP contribution >= 0.6 is 0 Å². The summed E-state index contributed by atoms with van der Waals surface area (Å²) < 4.78 is 0. The average Bonchev–Trinajstić information content (AvgIpc) is 3.01. The van der Waals surface area contributed by atoms with Crippen molar-refractivity contribution in [1.82, 2.24) is 0 Å². The number of fused-ring (bicyclic) bond motifs is 1. The summed E-state index contributed by atoms with van der Waals surface area (Å²) in [5.41, 5.74) is 11.2. The van der Waals surface area contributed by atoms with E-state index in [4.69, 9.17) is 0 Å². The van der Waals surface area contributed by atoms with E-state index < -0.39 is 0 Å². The van der Waals surface area contributed by atoms with Crippen molar-refractivity contribution in [2.24, 2.45) is 0 Å². The molecule has 0 aliphatic rings. The standard InChI is InChI=1S/C42H41N/c1-41(2,3)32-21-25-34(26-22-32)43(35-27-23-33(24-28-35)42(4,5)6)39-29-38(30-15-9-7-10-16-30)40(31-17-11-8-12-18-31)37-20-14-13-19-36(37)39/h7-29H,1-6H3. The van der Waals surface area contributed by atoms with Gasteiger partial charge in [-0.2, -0.15) is 0 Å². The van der Waals surface area contributed by atoms with E-state index in [0.29, 0.717) is 0 Å². The van der Waals surface area contributed by atoms with E-state index >= 15 is 0 Å². The van der Waals surface area contributed by atoms with Crippen molar-refractivity contribution < 1.29 is 0 Å². The Morgan fingerprint density at radius 2 is 0.837 bits per heavy atom. The Morgan fingerprint density at radius 3 is 1.30 bits per heavy atom. The fourth-order valence-corrected chi connectivity index (χ4v) is 5.95. The summed E-state index contributed by atoms with van der Waals surface area (Å²) in [4.78, 5) is 2.43. The first kappa shape index (κ1) is 28.5. The maximum atomic E-state index is 2.43. The third-order valence-electron chi connectivity index (χ3n) is 8.39. The van der Waals surface area contributed by atoms with E-state index in [1.165, 1.54) is 49.8 Å². The van der Waals surface area contributed by atoms with E-state index in [1.807, 2.05) is 0 Å². The molecule has 43 heavy (non-hydrogen) atoms. The van der Waals surface area contributed by atoms with E-state index in [0.717, 1.165) is 11.4 Å². The van der Waals surface area contributed by atoms with Crippen molar-refractivity contribution in [1.29, 1.82) is 0 Å². The smallest absolute Gasteiger partial charge is 0.0546 e. The quantitative estimate of drug-likeness (QED) is 0.203. The Hall–Kier alpha value is -4.62. The van der Waals surface area contributed by atoms with E-state index in [9.17, 15) is 0 Å². The van der Waals surface area contributed by atoms with Crippen LogP contribution in [0.1, 0.15) is 52.7 Å². The summed E-state index contributed by atoms with van der Waals surface area (Å²) in [6.45, 7) is 13.6. The van der Waals surface area contributed by atoms with Gasteiger partial charge in [0.15, 0.2) is 0 Å². The summed E-state index contributed by atoms with van der Waals surface area (Å²) in [5, 5.41) is 2.47. The highest BCUT2D eigenvalue weighted by Crippen LogP contribution is 2.47. The fourth-order valence-electron chi connectivity index (χ4n) is 5.95. The highest BCUT2D eigenvalue weighted by molar-refractivity contribution is 6.11. The van der Waals surface area contributed by atoms with Crippen molar-refractivity contribution in [3.05, 3.63) is 151 Å². The molecule has 1 heteroatoms. The molecular weight excluding hydrogens is 518 g/mol. The molecule has 6 aromatic rings. The normalized spacial score (nSPS) is 12.0. The van der Waals surface area contributed by atoms with E-state index in [1.54, 1.807) is 0 Å². The molecule has 0 unspecified atom stereocenters. The van der Waals surface area contributed by atoms with Gasteiger partial charge in [-0.15, -0.1) is 0 Å². The molecule has 0 amide bonds. The molecule has 6 aromatic carbocycles. The molecule has 0 fully saturated rings. The highest BCUT2D eigenvalue weighted by Gasteiger charge is 2.23. The molecular formula is C42H41N. The van der Waals surface area contributed by atoms with Crippen LogP contribution in [0.15, 0.2) is 140 Å². The van der Waals surface area contributed by atoms with Crippen LogP contribution in [0.4, 0.5) is 17.1 Å². The number of anilines is 3. The van der Waals surface area contributed by atoms with Crippen LogP contribution in [0.3, 0.4) is 0 Å². The molecule has 0 atom stereocenters. The summed E-state index contributed by atoms with van der Waals surface area (Å²) in [6, 6.07) is 51.1. The Balaban J connectivity index is 1.67. The number of hydrogen-bond donors (Lipinski definition) is 0. The molecule has 0 spiro atoms. The van der Waals surface area contributed by atoms with E-state index in [-0.39, 0.29) is 10.8 Å². The monoisotopic (exact) mass is 559 g/mol. The zero-order chi connectivity index (χ0) is 30.2. The minimum atomic E-state index is 0.0855. The molecule has 214 valence electrons. The topological polar surface area (TPSA) is 3.24 Å². The second kappa shape index (κ2) is 11.2. The molecule has 0 aliphatic heterocycles.